The Morgan fingerprint density at radius 1 is 1.05 bits per heavy atom. The summed E-state index contributed by atoms with van der Waals surface area (Å²) in [6.45, 7) is 2.68. The molecule has 1 N–H and O–H groups in total. The van der Waals surface area contributed by atoms with Crippen LogP contribution in [0.3, 0.4) is 0 Å². The average Bonchev–Trinajstić information content (AvgIpc) is 2.39. The highest BCUT2D eigenvalue weighted by Crippen LogP contribution is 2.27. The van der Waals surface area contributed by atoms with Crippen LogP contribution in [0.1, 0.15) is 13.8 Å². The number of hydrogen-bond acceptors (Lipinski definition) is 3. The molecule has 0 bridgehead atoms. The van der Waals surface area contributed by atoms with Crippen molar-refractivity contribution < 1.29 is 31.5 Å². The molecule has 0 saturated carbocycles. The lowest BCUT2D eigenvalue weighted by Gasteiger charge is -2.15. The van der Waals surface area contributed by atoms with Gasteiger partial charge >= 0.3 is 5.97 Å². The normalized spacial score (nSPS) is 12.2. The van der Waals surface area contributed by atoms with Crippen molar-refractivity contribution in [1.82, 2.24) is 0 Å². The van der Waals surface area contributed by atoms with E-state index in [4.69, 9.17) is 0 Å². The molecule has 0 radical (unpaired) electrons. The Kier molecular flexibility index (Phi) is 4.68. The zero-order chi connectivity index (χ0) is 14.7. The summed E-state index contributed by atoms with van der Waals surface area (Å²) in [6.07, 6.45) is 0. The second-order valence-electron chi connectivity index (χ2n) is 3.56. The van der Waals surface area contributed by atoms with E-state index in [-0.39, 0.29) is 6.61 Å². The molecule has 0 aliphatic carbocycles. The standard InChI is InChI=1S/C11H10F5NO2/c1-3-19-11(18)4(2)17-10-8(15)6(13)5(12)7(14)9(10)16/h4,17H,3H2,1-2H3. The predicted molar refractivity (Wildman–Crippen MR) is 55.9 cm³/mol. The summed E-state index contributed by atoms with van der Waals surface area (Å²) in [5, 5.41) is 1.90. The van der Waals surface area contributed by atoms with E-state index in [1.54, 1.807) is 0 Å². The summed E-state index contributed by atoms with van der Waals surface area (Å²) in [7, 11) is 0. The molecule has 1 aromatic rings. The molecule has 0 aliphatic rings. The zero-order valence-corrected chi connectivity index (χ0v) is 9.99. The van der Waals surface area contributed by atoms with Crippen LogP contribution in [0.25, 0.3) is 0 Å². The summed E-state index contributed by atoms with van der Waals surface area (Å²) >= 11 is 0. The second-order valence-corrected chi connectivity index (χ2v) is 3.56. The quantitative estimate of drug-likeness (QED) is 0.399. The number of ether oxygens (including phenoxy) is 1. The molecular formula is C11H10F5NO2. The van der Waals surface area contributed by atoms with Gasteiger partial charge in [-0.2, -0.15) is 0 Å². The summed E-state index contributed by atoms with van der Waals surface area (Å²) in [4.78, 5) is 11.2. The van der Waals surface area contributed by atoms with E-state index in [9.17, 15) is 26.7 Å². The van der Waals surface area contributed by atoms with Gasteiger partial charge in [0.25, 0.3) is 0 Å². The van der Waals surface area contributed by atoms with E-state index >= 15 is 0 Å². The molecule has 0 fully saturated rings. The number of halogens is 5. The highest BCUT2D eigenvalue weighted by atomic mass is 19.2. The van der Waals surface area contributed by atoms with E-state index in [0.29, 0.717) is 0 Å². The van der Waals surface area contributed by atoms with Gasteiger partial charge in [-0.05, 0) is 13.8 Å². The third-order valence-electron chi connectivity index (χ3n) is 2.21. The van der Waals surface area contributed by atoms with Crippen LogP contribution in [0.15, 0.2) is 0 Å². The summed E-state index contributed by atoms with van der Waals surface area (Å²) in [5.41, 5.74) is -1.27. The number of rotatable bonds is 4. The van der Waals surface area contributed by atoms with E-state index in [0.717, 1.165) is 6.92 Å². The monoisotopic (exact) mass is 283 g/mol. The second kappa shape index (κ2) is 5.85. The summed E-state index contributed by atoms with van der Waals surface area (Å²) in [5.74, 6) is -11.4. The number of nitrogens with one attached hydrogen (secondary N) is 1. The van der Waals surface area contributed by atoms with Crippen molar-refractivity contribution >= 4 is 11.7 Å². The number of carbonyl (C=O) groups excluding carboxylic acids is 1. The van der Waals surface area contributed by atoms with Gasteiger partial charge in [0.2, 0.25) is 5.82 Å². The maximum absolute atomic E-state index is 13.3. The molecule has 0 spiro atoms. The molecule has 0 aliphatic heterocycles. The van der Waals surface area contributed by atoms with Gasteiger partial charge in [0, 0.05) is 0 Å². The Hall–Kier alpha value is -1.86. The van der Waals surface area contributed by atoms with Crippen molar-refractivity contribution in [1.29, 1.82) is 0 Å². The maximum Gasteiger partial charge on any atom is 0.328 e. The van der Waals surface area contributed by atoms with Crippen LogP contribution in [0, 0.1) is 29.1 Å². The molecular weight excluding hydrogens is 273 g/mol. The lowest BCUT2D eigenvalue weighted by Crippen LogP contribution is -2.29. The molecule has 106 valence electrons. The topological polar surface area (TPSA) is 38.3 Å². The first-order chi connectivity index (χ1) is 8.81. The number of anilines is 1. The van der Waals surface area contributed by atoms with Gasteiger partial charge in [0.15, 0.2) is 23.3 Å². The van der Waals surface area contributed by atoms with Crippen molar-refractivity contribution in [3.8, 4) is 0 Å². The van der Waals surface area contributed by atoms with Crippen molar-refractivity contribution in [2.75, 3.05) is 11.9 Å². The van der Waals surface area contributed by atoms with Gasteiger partial charge in [-0.3, -0.25) is 0 Å². The minimum atomic E-state index is -2.26. The number of esters is 1. The average molecular weight is 283 g/mol. The zero-order valence-electron chi connectivity index (χ0n) is 9.99. The lowest BCUT2D eigenvalue weighted by atomic mass is 10.2. The molecule has 1 rings (SSSR count). The Balaban J connectivity index is 3.12. The Bertz CT molecular complexity index is 477. The van der Waals surface area contributed by atoms with Crippen molar-refractivity contribution in [2.45, 2.75) is 19.9 Å². The van der Waals surface area contributed by atoms with Crippen molar-refractivity contribution in [3.63, 3.8) is 0 Å². The van der Waals surface area contributed by atoms with Crippen LogP contribution in [-0.2, 0) is 9.53 Å². The molecule has 1 aromatic carbocycles. The Morgan fingerprint density at radius 3 is 1.89 bits per heavy atom. The molecule has 0 saturated heterocycles. The fourth-order valence-electron chi connectivity index (χ4n) is 1.27. The Morgan fingerprint density at radius 2 is 1.47 bits per heavy atom. The van der Waals surface area contributed by atoms with Crippen LogP contribution in [-0.4, -0.2) is 18.6 Å². The fraction of sp³-hybridized carbons (Fsp3) is 0.364. The summed E-state index contributed by atoms with van der Waals surface area (Å²) < 4.78 is 69.6. The first-order valence-electron chi connectivity index (χ1n) is 5.25. The third-order valence-corrected chi connectivity index (χ3v) is 2.21. The van der Waals surface area contributed by atoms with E-state index < -0.39 is 46.8 Å². The SMILES string of the molecule is CCOC(=O)C(C)Nc1c(F)c(F)c(F)c(F)c1F. The van der Waals surface area contributed by atoms with E-state index in [1.165, 1.54) is 6.92 Å². The van der Waals surface area contributed by atoms with Gasteiger partial charge < -0.3 is 10.1 Å². The molecule has 1 atom stereocenters. The number of benzene rings is 1. The fourth-order valence-corrected chi connectivity index (χ4v) is 1.27. The minimum Gasteiger partial charge on any atom is -0.464 e. The molecule has 19 heavy (non-hydrogen) atoms. The van der Waals surface area contributed by atoms with Crippen molar-refractivity contribution in [2.24, 2.45) is 0 Å². The molecule has 0 heterocycles. The molecule has 3 nitrogen and oxygen atoms in total. The molecule has 0 amide bonds. The van der Waals surface area contributed by atoms with Crippen LogP contribution in [0.4, 0.5) is 27.6 Å². The highest BCUT2D eigenvalue weighted by molar-refractivity contribution is 5.78. The first-order valence-corrected chi connectivity index (χ1v) is 5.25. The summed E-state index contributed by atoms with van der Waals surface area (Å²) in [6, 6.07) is -1.27. The smallest absolute Gasteiger partial charge is 0.328 e. The van der Waals surface area contributed by atoms with Gasteiger partial charge in [-0.25, -0.2) is 26.7 Å². The van der Waals surface area contributed by atoms with Gasteiger partial charge in [0.05, 0.1) is 6.61 Å². The van der Waals surface area contributed by atoms with E-state index in [1.807, 2.05) is 5.32 Å². The van der Waals surface area contributed by atoms with Crippen LogP contribution in [0.2, 0.25) is 0 Å². The van der Waals surface area contributed by atoms with Crippen LogP contribution in [0.5, 0.6) is 0 Å². The van der Waals surface area contributed by atoms with Crippen LogP contribution >= 0.6 is 0 Å². The van der Waals surface area contributed by atoms with Gasteiger partial charge in [-0.1, -0.05) is 0 Å². The lowest BCUT2D eigenvalue weighted by molar-refractivity contribution is -0.143. The highest BCUT2D eigenvalue weighted by Gasteiger charge is 2.27. The molecule has 0 aromatic heterocycles. The predicted octanol–water partition coefficient (Wildman–Crippen LogP) is 2.75. The van der Waals surface area contributed by atoms with Gasteiger partial charge in [-0.15, -0.1) is 0 Å². The van der Waals surface area contributed by atoms with Crippen molar-refractivity contribution in [3.05, 3.63) is 29.1 Å². The maximum atomic E-state index is 13.3. The first kappa shape index (κ1) is 15.2. The minimum absolute atomic E-state index is 0.0158. The molecule has 8 heteroatoms. The third kappa shape index (κ3) is 2.94. The number of carbonyl (C=O) groups is 1. The molecule has 1 unspecified atom stereocenters. The van der Waals surface area contributed by atoms with Gasteiger partial charge in [0.1, 0.15) is 11.7 Å². The largest absolute Gasteiger partial charge is 0.464 e. The van der Waals surface area contributed by atoms with Crippen LogP contribution < -0.4 is 5.32 Å². The van der Waals surface area contributed by atoms with E-state index in [2.05, 4.69) is 4.74 Å². The number of hydrogen-bond donors (Lipinski definition) is 1. The Labute approximate surface area is 105 Å².